The van der Waals surface area contributed by atoms with Crippen LogP contribution in [0, 0.1) is 0 Å². The van der Waals surface area contributed by atoms with E-state index in [4.69, 9.17) is 9.15 Å². The number of furan rings is 1. The Kier molecular flexibility index (Phi) is 6.50. The van der Waals surface area contributed by atoms with Crippen molar-refractivity contribution >= 4 is 5.96 Å². The van der Waals surface area contributed by atoms with Gasteiger partial charge in [-0.3, -0.25) is 4.68 Å². The van der Waals surface area contributed by atoms with Gasteiger partial charge in [0.05, 0.1) is 24.6 Å². The Morgan fingerprint density at radius 3 is 3.04 bits per heavy atom. The maximum absolute atomic E-state index is 5.79. The van der Waals surface area contributed by atoms with Gasteiger partial charge in [0, 0.05) is 39.4 Å². The fourth-order valence-electron chi connectivity index (χ4n) is 2.83. The third-order valence-electron chi connectivity index (χ3n) is 4.34. The Morgan fingerprint density at radius 2 is 2.32 bits per heavy atom. The summed E-state index contributed by atoms with van der Waals surface area (Å²) in [4.78, 5) is 4.68. The third-order valence-corrected chi connectivity index (χ3v) is 4.34. The molecule has 0 saturated carbocycles. The van der Waals surface area contributed by atoms with Crippen LogP contribution < -0.4 is 10.6 Å². The van der Waals surface area contributed by atoms with Crippen molar-refractivity contribution in [3.8, 4) is 0 Å². The molecule has 2 aromatic heterocycles. The molecule has 1 atom stereocenters. The van der Waals surface area contributed by atoms with Crippen LogP contribution in [0.4, 0.5) is 0 Å². The average molecular weight is 345 g/mol. The predicted octanol–water partition coefficient (Wildman–Crippen LogP) is 1.86. The van der Waals surface area contributed by atoms with E-state index in [1.165, 1.54) is 12.8 Å². The Morgan fingerprint density at radius 1 is 1.36 bits per heavy atom. The van der Waals surface area contributed by atoms with Crippen molar-refractivity contribution in [2.45, 2.75) is 38.3 Å². The molecule has 1 saturated heterocycles. The summed E-state index contributed by atoms with van der Waals surface area (Å²) in [5.74, 6) is 1.76. The smallest absolute Gasteiger partial charge is 0.191 e. The van der Waals surface area contributed by atoms with Gasteiger partial charge in [0.1, 0.15) is 5.76 Å². The number of rotatable bonds is 7. The Bertz CT molecular complexity index is 644. The molecular weight excluding hydrogens is 318 g/mol. The number of aryl methyl sites for hydroxylation is 1. The van der Waals surface area contributed by atoms with Crippen molar-refractivity contribution in [1.82, 2.24) is 20.4 Å². The van der Waals surface area contributed by atoms with Crippen LogP contribution in [0.3, 0.4) is 0 Å². The second-order valence-electron chi connectivity index (χ2n) is 6.24. The molecule has 7 heteroatoms. The van der Waals surface area contributed by atoms with E-state index in [1.807, 2.05) is 29.9 Å². The summed E-state index contributed by atoms with van der Waals surface area (Å²) < 4.78 is 13.0. The van der Waals surface area contributed by atoms with Gasteiger partial charge in [0.2, 0.25) is 0 Å². The molecule has 0 aliphatic carbocycles. The predicted molar refractivity (Wildman–Crippen MR) is 96.4 cm³/mol. The van der Waals surface area contributed by atoms with Crippen LogP contribution in [0.25, 0.3) is 0 Å². The quantitative estimate of drug-likeness (QED) is 0.592. The zero-order chi connectivity index (χ0) is 17.3. The molecule has 1 aliphatic rings. The minimum Gasteiger partial charge on any atom is -0.469 e. The first kappa shape index (κ1) is 17.5. The fourth-order valence-corrected chi connectivity index (χ4v) is 2.83. The molecule has 0 radical (unpaired) electrons. The SMILES string of the molecule is Cn1nccc1CN=C(NCCc1ccco1)NCC1CCCCO1. The molecule has 3 heterocycles. The maximum atomic E-state index is 5.79. The number of ether oxygens (including phenoxy) is 1. The van der Waals surface area contributed by atoms with E-state index in [2.05, 4.69) is 20.7 Å². The summed E-state index contributed by atoms with van der Waals surface area (Å²) in [5.41, 5.74) is 1.07. The van der Waals surface area contributed by atoms with Gasteiger partial charge in [-0.1, -0.05) is 0 Å². The molecule has 25 heavy (non-hydrogen) atoms. The summed E-state index contributed by atoms with van der Waals surface area (Å²) in [6.45, 7) is 2.98. The highest BCUT2D eigenvalue weighted by atomic mass is 16.5. The summed E-state index contributed by atoms with van der Waals surface area (Å²) in [5, 5.41) is 11.0. The third kappa shape index (κ3) is 5.63. The first-order chi connectivity index (χ1) is 12.3. The molecular formula is C18H27N5O2. The topological polar surface area (TPSA) is 76.6 Å². The zero-order valence-electron chi connectivity index (χ0n) is 14.8. The van der Waals surface area contributed by atoms with Crippen molar-refractivity contribution in [1.29, 1.82) is 0 Å². The lowest BCUT2D eigenvalue weighted by Crippen LogP contribution is -2.43. The zero-order valence-corrected chi connectivity index (χ0v) is 14.8. The molecule has 7 nitrogen and oxygen atoms in total. The first-order valence-electron chi connectivity index (χ1n) is 8.94. The Balaban J connectivity index is 1.52. The molecule has 1 fully saturated rings. The van der Waals surface area contributed by atoms with E-state index in [0.29, 0.717) is 6.54 Å². The summed E-state index contributed by atoms with van der Waals surface area (Å²) >= 11 is 0. The minimum atomic E-state index is 0.266. The molecule has 1 unspecified atom stereocenters. The molecule has 3 rings (SSSR count). The monoisotopic (exact) mass is 345 g/mol. The summed E-state index contributed by atoms with van der Waals surface area (Å²) in [6, 6.07) is 5.87. The number of aromatic nitrogens is 2. The van der Waals surface area contributed by atoms with Crippen molar-refractivity contribution < 1.29 is 9.15 Å². The van der Waals surface area contributed by atoms with Gasteiger partial charge in [-0.2, -0.15) is 5.10 Å². The van der Waals surface area contributed by atoms with Crippen LogP contribution in [0.15, 0.2) is 40.1 Å². The van der Waals surface area contributed by atoms with E-state index in [1.54, 1.807) is 12.5 Å². The molecule has 136 valence electrons. The number of nitrogens with one attached hydrogen (secondary N) is 2. The van der Waals surface area contributed by atoms with Gasteiger partial charge < -0.3 is 19.8 Å². The normalized spacial score (nSPS) is 18.3. The van der Waals surface area contributed by atoms with Gasteiger partial charge in [0.25, 0.3) is 0 Å². The lowest BCUT2D eigenvalue weighted by molar-refractivity contribution is 0.0194. The second-order valence-corrected chi connectivity index (χ2v) is 6.24. The fraction of sp³-hybridized carbons (Fsp3) is 0.556. The van der Waals surface area contributed by atoms with E-state index in [9.17, 15) is 0 Å². The van der Waals surface area contributed by atoms with Crippen LogP contribution >= 0.6 is 0 Å². The van der Waals surface area contributed by atoms with E-state index in [0.717, 1.165) is 50.0 Å². The van der Waals surface area contributed by atoms with Gasteiger partial charge >= 0.3 is 0 Å². The molecule has 0 spiro atoms. The molecule has 0 aromatic carbocycles. The molecule has 2 N–H and O–H groups in total. The highest BCUT2D eigenvalue weighted by molar-refractivity contribution is 5.79. The number of hydrogen-bond donors (Lipinski definition) is 2. The van der Waals surface area contributed by atoms with Crippen LogP contribution in [-0.2, 0) is 24.8 Å². The van der Waals surface area contributed by atoms with Crippen molar-refractivity contribution in [3.63, 3.8) is 0 Å². The van der Waals surface area contributed by atoms with E-state index in [-0.39, 0.29) is 6.10 Å². The average Bonchev–Trinajstić information content (AvgIpc) is 3.29. The van der Waals surface area contributed by atoms with Gasteiger partial charge in [-0.25, -0.2) is 4.99 Å². The highest BCUT2D eigenvalue weighted by Crippen LogP contribution is 2.11. The molecule has 1 aliphatic heterocycles. The number of aliphatic imine (C=N–C) groups is 1. The van der Waals surface area contributed by atoms with Crippen molar-refractivity contribution in [3.05, 3.63) is 42.1 Å². The lowest BCUT2D eigenvalue weighted by atomic mass is 10.1. The van der Waals surface area contributed by atoms with Crippen LogP contribution in [0.5, 0.6) is 0 Å². The van der Waals surface area contributed by atoms with E-state index < -0.39 is 0 Å². The summed E-state index contributed by atoms with van der Waals surface area (Å²) in [6.07, 6.45) is 8.08. The van der Waals surface area contributed by atoms with Crippen LogP contribution in [0.1, 0.15) is 30.7 Å². The Labute approximate surface area is 148 Å². The van der Waals surface area contributed by atoms with E-state index >= 15 is 0 Å². The Hall–Kier alpha value is -2.28. The number of nitrogens with zero attached hydrogens (tertiary/aromatic N) is 3. The van der Waals surface area contributed by atoms with Crippen LogP contribution in [0.2, 0.25) is 0 Å². The lowest BCUT2D eigenvalue weighted by Gasteiger charge is -2.23. The van der Waals surface area contributed by atoms with Crippen molar-refractivity contribution in [2.75, 3.05) is 19.7 Å². The number of guanidine groups is 1. The number of hydrogen-bond acceptors (Lipinski definition) is 4. The van der Waals surface area contributed by atoms with Gasteiger partial charge in [-0.05, 0) is 37.5 Å². The largest absolute Gasteiger partial charge is 0.469 e. The molecule has 2 aromatic rings. The maximum Gasteiger partial charge on any atom is 0.191 e. The van der Waals surface area contributed by atoms with Gasteiger partial charge in [0.15, 0.2) is 5.96 Å². The standard InChI is InChI=1S/C18H27N5O2/c1-23-15(7-10-22-23)13-20-18(19-9-8-16-6-4-12-24-16)21-14-17-5-2-3-11-25-17/h4,6-7,10,12,17H,2-3,5,8-9,11,13-14H2,1H3,(H2,19,20,21). The molecule has 0 amide bonds. The summed E-state index contributed by atoms with van der Waals surface area (Å²) in [7, 11) is 1.93. The first-order valence-corrected chi connectivity index (χ1v) is 8.94. The highest BCUT2D eigenvalue weighted by Gasteiger charge is 2.14. The second kappa shape index (κ2) is 9.27. The minimum absolute atomic E-state index is 0.266. The van der Waals surface area contributed by atoms with Gasteiger partial charge in [-0.15, -0.1) is 0 Å². The molecule has 0 bridgehead atoms. The van der Waals surface area contributed by atoms with Crippen LogP contribution in [-0.4, -0.2) is 41.5 Å². The van der Waals surface area contributed by atoms with Crippen molar-refractivity contribution in [2.24, 2.45) is 12.0 Å².